The molecule has 0 saturated heterocycles. The largest absolute Gasteiger partial charge is 0.491 e. The lowest BCUT2D eigenvalue weighted by atomic mass is 10.1. The first-order valence-electron chi connectivity index (χ1n) is 6.31. The Morgan fingerprint density at radius 2 is 2.05 bits per heavy atom. The van der Waals surface area contributed by atoms with Crippen LogP contribution in [-0.4, -0.2) is 33.1 Å². The average molecular weight is 350 g/mol. The molecule has 0 aliphatic rings. The number of hydrogen-bond acceptors (Lipinski definition) is 4. The lowest BCUT2D eigenvalue weighted by molar-refractivity contribution is 0.335. The van der Waals surface area contributed by atoms with E-state index in [-0.39, 0.29) is 18.1 Å². The maximum absolute atomic E-state index is 11.6. The van der Waals surface area contributed by atoms with Crippen molar-refractivity contribution in [3.05, 3.63) is 28.2 Å². The molecule has 108 valence electrons. The van der Waals surface area contributed by atoms with Crippen molar-refractivity contribution in [1.82, 2.24) is 0 Å². The zero-order valence-electron chi connectivity index (χ0n) is 11.1. The summed E-state index contributed by atoms with van der Waals surface area (Å²) in [6.45, 7) is 2.55. The maximum atomic E-state index is 11.6. The van der Waals surface area contributed by atoms with Crippen molar-refractivity contribution in [3.63, 3.8) is 0 Å². The van der Waals surface area contributed by atoms with Crippen molar-refractivity contribution in [2.75, 3.05) is 24.7 Å². The fraction of sp³-hybridized carbons (Fsp3) is 0.538. The van der Waals surface area contributed by atoms with Gasteiger partial charge < -0.3 is 10.5 Å². The minimum Gasteiger partial charge on any atom is -0.491 e. The van der Waals surface area contributed by atoms with Gasteiger partial charge in [-0.05, 0) is 46.9 Å². The van der Waals surface area contributed by atoms with E-state index in [1.54, 1.807) is 0 Å². The number of sulfone groups is 1. The standard InChI is InChI=1S/C13H20BrNO3S/c1-2-9-19(16,17)10-8-18-13-11(6-7-15)4-3-5-12(13)14/h3-5H,2,6-10,15H2,1H3. The molecule has 4 nitrogen and oxygen atoms in total. The summed E-state index contributed by atoms with van der Waals surface area (Å²) in [7, 11) is -3.00. The zero-order valence-corrected chi connectivity index (χ0v) is 13.5. The van der Waals surface area contributed by atoms with Gasteiger partial charge in [-0.1, -0.05) is 19.1 Å². The Labute approximate surface area is 123 Å². The number of hydrogen-bond donors (Lipinski definition) is 1. The quantitative estimate of drug-likeness (QED) is 0.780. The number of rotatable bonds is 8. The van der Waals surface area contributed by atoms with Crippen LogP contribution < -0.4 is 10.5 Å². The van der Waals surface area contributed by atoms with Crippen LogP contribution in [0.3, 0.4) is 0 Å². The van der Waals surface area contributed by atoms with Crippen molar-refractivity contribution in [2.24, 2.45) is 5.73 Å². The monoisotopic (exact) mass is 349 g/mol. The fourth-order valence-corrected chi connectivity index (χ4v) is 3.44. The molecule has 0 spiro atoms. The highest BCUT2D eigenvalue weighted by Gasteiger charge is 2.12. The second-order valence-electron chi connectivity index (χ2n) is 4.27. The summed E-state index contributed by atoms with van der Waals surface area (Å²) < 4.78 is 29.7. The lowest BCUT2D eigenvalue weighted by Gasteiger charge is -2.13. The van der Waals surface area contributed by atoms with Gasteiger partial charge in [0.15, 0.2) is 9.84 Å². The number of halogens is 1. The first-order valence-corrected chi connectivity index (χ1v) is 8.92. The van der Waals surface area contributed by atoms with Crippen LogP contribution in [0.2, 0.25) is 0 Å². The minimum atomic E-state index is -3.00. The average Bonchev–Trinajstić information content (AvgIpc) is 2.33. The molecular formula is C13H20BrNO3S. The second-order valence-corrected chi connectivity index (χ2v) is 7.43. The van der Waals surface area contributed by atoms with E-state index in [2.05, 4.69) is 15.9 Å². The molecule has 0 aliphatic heterocycles. The smallest absolute Gasteiger partial charge is 0.153 e. The summed E-state index contributed by atoms with van der Waals surface area (Å²) in [5.41, 5.74) is 6.54. The molecule has 0 aromatic heterocycles. The van der Waals surface area contributed by atoms with Crippen molar-refractivity contribution in [3.8, 4) is 5.75 Å². The van der Waals surface area contributed by atoms with Crippen LogP contribution in [0.15, 0.2) is 22.7 Å². The predicted octanol–water partition coefficient (Wildman–Crippen LogP) is 2.15. The summed E-state index contributed by atoms with van der Waals surface area (Å²) in [4.78, 5) is 0. The highest BCUT2D eigenvalue weighted by Crippen LogP contribution is 2.29. The molecular weight excluding hydrogens is 330 g/mol. The summed E-state index contributed by atoms with van der Waals surface area (Å²) in [6.07, 6.45) is 1.34. The van der Waals surface area contributed by atoms with Gasteiger partial charge in [-0.2, -0.15) is 0 Å². The van der Waals surface area contributed by atoms with E-state index in [4.69, 9.17) is 10.5 Å². The first kappa shape index (κ1) is 16.5. The molecule has 19 heavy (non-hydrogen) atoms. The van der Waals surface area contributed by atoms with Gasteiger partial charge in [0.05, 0.1) is 16.0 Å². The van der Waals surface area contributed by atoms with Gasteiger partial charge in [-0.25, -0.2) is 8.42 Å². The maximum Gasteiger partial charge on any atom is 0.153 e. The van der Waals surface area contributed by atoms with E-state index < -0.39 is 9.84 Å². The van der Waals surface area contributed by atoms with Crippen LogP contribution >= 0.6 is 15.9 Å². The minimum absolute atomic E-state index is 0.0459. The summed E-state index contributed by atoms with van der Waals surface area (Å²) >= 11 is 3.41. The molecule has 0 aliphatic carbocycles. The molecule has 2 N–H and O–H groups in total. The Kier molecular flexibility index (Phi) is 6.82. The van der Waals surface area contributed by atoms with Crippen LogP contribution in [0.1, 0.15) is 18.9 Å². The van der Waals surface area contributed by atoms with Gasteiger partial charge >= 0.3 is 0 Å². The number of nitrogens with two attached hydrogens (primary N) is 1. The van der Waals surface area contributed by atoms with Crippen LogP contribution in [0.25, 0.3) is 0 Å². The SMILES string of the molecule is CCCS(=O)(=O)CCOc1c(Br)cccc1CCN. The molecule has 1 aromatic rings. The van der Waals surface area contributed by atoms with E-state index >= 15 is 0 Å². The van der Waals surface area contributed by atoms with E-state index in [1.807, 2.05) is 25.1 Å². The lowest BCUT2D eigenvalue weighted by Crippen LogP contribution is -2.17. The molecule has 0 saturated carbocycles. The normalized spacial score (nSPS) is 11.5. The molecule has 0 radical (unpaired) electrons. The third-order valence-corrected chi connectivity index (χ3v) is 5.06. The molecule has 1 rings (SSSR count). The summed E-state index contributed by atoms with van der Waals surface area (Å²) in [5.74, 6) is 0.950. The molecule has 6 heteroatoms. The highest BCUT2D eigenvalue weighted by molar-refractivity contribution is 9.10. The number of para-hydroxylation sites is 1. The molecule has 0 heterocycles. The van der Waals surface area contributed by atoms with Crippen molar-refractivity contribution < 1.29 is 13.2 Å². The van der Waals surface area contributed by atoms with E-state index in [1.165, 1.54) is 0 Å². The third-order valence-electron chi connectivity index (χ3n) is 2.62. The van der Waals surface area contributed by atoms with E-state index in [9.17, 15) is 8.42 Å². The van der Waals surface area contributed by atoms with Crippen LogP contribution in [0, 0.1) is 0 Å². The topological polar surface area (TPSA) is 69.4 Å². The Balaban J connectivity index is 2.67. The molecule has 0 amide bonds. The third kappa shape index (κ3) is 5.50. The molecule has 0 fully saturated rings. The van der Waals surface area contributed by atoms with Crippen LogP contribution in [0.5, 0.6) is 5.75 Å². The van der Waals surface area contributed by atoms with Gasteiger partial charge in [-0.3, -0.25) is 0 Å². The first-order chi connectivity index (χ1) is 9.00. The highest BCUT2D eigenvalue weighted by atomic mass is 79.9. The Morgan fingerprint density at radius 1 is 1.32 bits per heavy atom. The summed E-state index contributed by atoms with van der Waals surface area (Å²) in [5, 5.41) is 0. The van der Waals surface area contributed by atoms with Gasteiger partial charge in [-0.15, -0.1) is 0 Å². The van der Waals surface area contributed by atoms with Gasteiger partial charge in [0.1, 0.15) is 12.4 Å². The molecule has 0 bridgehead atoms. The predicted molar refractivity (Wildman–Crippen MR) is 81.3 cm³/mol. The number of benzene rings is 1. The molecule has 1 aromatic carbocycles. The fourth-order valence-electron chi connectivity index (χ4n) is 1.75. The Morgan fingerprint density at radius 3 is 2.68 bits per heavy atom. The second kappa shape index (κ2) is 7.87. The van der Waals surface area contributed by atoms with Crippen molar-refractivity contribution >= 4 is 25.8 Å². The van der Waals surface area contributed by atoms with Crippen molar-refractivity contribution in [1.29, 1.82) is 0 Å². The molecule has 0 unspecified atom stereocenters. The van der Waals surface area contributed by atoms with Crippen LogP contribution in [0.4, 0.5) is 0 Å². The summed E-state index contributed by atoms with van der Waals surface area (Å²) in [6, 6.07) is 5.72. The van der Waals surface area contributed by atoms with Gasteiger partial charge in [0.2, 0.25) is 0 Å². The molecule has 0 atom stereocenters. The van der Waals surface area contributed by atoms with Crippen LogP contribution in [-0.2, 0) is 16.3 Å². The van der Waals surface area contributed by atoms with E-state index in [0.29, 0.717) is 25.1 Å². The van der Waals surface area contributed by atoms with Gasteiger partial charge in [0.25, 0.3) is 0 Å². The van der Waals surface area contributed by atoms with Crippen molar-refractivity contribution in [2.45, 2.75) is 19.8 Å². The Bertz CT molecular complexity index is 503. The number of ether oxygens (including phenoxy) is 1. The zero-order chi connectivity index (χ0) is 14.3. The van der Waals surface area contributed by atoms with E-state index in [0.717, 1.165) is 10.0 Å². The Hall–Kier alpha value is -0.590. The van der Waals surface area contributed by atoms with Gasteiger partial charge in [0, 0.05) is 0 Å².